The van der Waals surface area contributed by atoms with Crippen molar-refractivity contribution >= 4 is 33.2 Å². The Labute approximate surface area is 265 Å². The van der Waals surface area contributed by atoms with Gasteiger partial charge in [-0.25, -0.2) is 0 Å². The molecule has 0 unspecified atom stereocenters. The summed E-state index contributed by atoms with van der Waals surface area (Å²) in [7, 11) is 0. The molecule has 2 heterocycles. The summed E-state index contributed by atoms with van der Waals surface area (Å²) in [6, 6.07) is 17.6. The highest BCUT2D eigenvalue weighted by Gasteiger charge is 2.27. The molecule has 44 heavy (non-hydrogen) atoms. The molecule has 0 fully saturated rings. The van der Waals surface area contributed by atoms with Gasteiger partial charge in [-0.05, 0) is 63.5 Å². The van der Waals surface area contributed by atoms with Crippen LogP contribution in [0.2, 0.25) is 0 Å². The number of nitrogen functional groups attached to an aromatic ring is 2. The highest BCUT2D eigenvalue weighted by molar-refractivity contribution is 5.90. The number of anilines is 2. The summed E-state index contributed by atoms with van der Waals surface area (Å²) >= 11 is 0. The van der Waals surface area contributed by atoms with Crippen LogP contribution in [-0.4, -0.2) is 0 Å². The Balaban J connectivity index is 0.914. The minimum absolute atomic E-state index is 1.04. The number of para-hydroxylation sites is 2. The van der Waals surface area contributed by atoms with Crippen molar-refractivity contribution in [2.45, 2.75) is 142 Å². The molecule has 6 rings (SSSR count). The van der Waals surface area contributed by atoms with Crippen LogP contribution >= 0.6 is 0 Å². The molecule has 234 valence electrons. The van der Waals surface area contributed by atoms with Crippen molar-refractivity contribution in [1.82, 2.24) is 0 Å². The van der Waals surface area contributed by atoms with Gasteiger partial charge < -0.3 is 11.5 Å². The number of fused-ring (bicyclic) bond motifs is 4. The standard InChI is InChI=1S/C40H54N4/c41-39-31-21-11-9-13-25-35(31)43(37-27-17-15-23-33(37)39)29-19-7-5-3-1-2-4-6-8-20-30-44-36-26-14-10-12-22-32(36)40(42)34-24-16-18-28-38(34)44/h15-18,23-24,27-28,41-42H,1-14,19-22,25-26,29-30H2/p+2. The van der Waals surface area contributed by atoms with Gasteiger partial charge in [0.1, 0.15) is 13.1 Å². The highest BCUT2D eigenvalue weighted by Crippen LogP contribution is 2.31. The fourth-order valence-corrected chi connectivity index (χ4v) is 8.26. The van der Waals surface area contributed by atoms with Crippen LogP contribution in [0.15, 0.2) is 48.5 Å². The maximum Gasteiger partial charge on any atom is 0.214 e. The second-order valence-electron chi connectivity index (χ2n) is 13.7. The van der Waals surface area contributed by atoms with E-state index >= 15 is 0 Å². The molecule has 0 atom stereocenters. The molecule has 4 aromatic rings. The molecule has 0 bridgehead atoms. The summed E-state index contributed by atoms with van der Waals surface area (Å²) in [5, 5.41) is 2.51. The Morgan fingerprint density at radius 3 is 1.23 bits per heavy atom. The van der Waals surface area contributed by atoms with Crippen molar-refractivity contribution in [2.24, 2.45) is 0 Å². The summed E-state index contributed by atoms with van der Waals surface area (Å²) in [5.41, 5.74) is 24.1. The fourth-order valence-electron chi connectivity index (χ4n) is 8.26. The highest BCUT2D eigenvalue weighted by atomic mass is 15.0. The van der Waals surface area contributed by atoms with Crippen molar-refractivity contribution in [2.75, 3.05) is 11.5 Å². The lowest BCUT2D eigenvalue weighted by molar-refractivity contribution is -0.679. The number of hydrogen-bond donors (Lipinski definition) is 2. The van der Waals surface area contributed by atoms with E-state index in [-0.39, 0.29) is 0 Å². The van der Waals surface area contributed by atoms with E-state index < -0.39 is 0 Å². The van der Waals surface area contributed by atoms with E-state index in [1.54, 1.807) is 0 Å². The Morgan fingerprint density at radius 2 is 0.795 bits per heavy atom. The summed E-state index contributed by atoms with van der Waals surface area (Å²) in [6.07, 6.45) is 25.9. The molecule has 0 radical (unpaired) electrons. The predicted octanol–water partition coefficient (Wildman–Crippen LogP) is 8.87. The summed E-state index contributed by atoms with van der Waals surface area (Å²) < 4.78 is 5.27. The van der Waals surface area contributed by atoms with Crippen LogP contribution in [0.25, 0.3) is 21.8 Å². The minimum Gasteiger partial charge on any atom is -0.398 e. The largest absolute Gasteiger partial charge is 0.398 e. The second-order valence-corrected chi connectivity index (χ2v) is 13.7. The quantitative estimate of drug-likeness (QED) is 0.0925. The number of aryl methyl sites for hydroxylation is 2. The molecule has 4 heteroatoms. The van der Waals surface area contributed by atoms with E-state index in [1.165, 1.54) is 160 Å². The van der Waals surface area contributed by atoms with Crippen molar-refractivity contribution in [3.8, 4) is 0 Å². The first-order valence-electron chi connectivity index (χ1n) is 18.2. The Kier molecular flexibility index (Phi) is 10.7. The van der Waals surface area contributed by atoms with E-state index in [9.17, 15) is 0 Å². The number of benzene rings is 2. The number of unbranched alkanes of at least 4 members (excludes halogenated alkanes) is 9. The zero-order valence-electron chi connectivity index (χ0n) is 27.2. The van der Waals surface area contributed by atoms with Crippen molar-refractivity contribution in [1.29, 1.82) is 0 Å². The SMILES string of the molecule is Nc1c2c([n+](CCCCCCCCCCCC[n+]3c4c(c(N)c5ccccc53)CCCCC4)c3ccccc13)CCCCC2. The Morgan fingerprint density at radius 1 is 0.432 bits per heavy atom. The van der Waals surface area contributed by atoms with Gasteiger partial charge in [0.2, 0.25) is 11.0 Å². The number of nitrogens with zero attached hydrogens (tertiary/aromatic N) is 2. The number of hydrogen-bond acceptors (Lipinski definition) is 2. The Hall–Kier alpha value is -3.14. The first-order valence-corrected chi connectivity index (χ1v) is 18.2. The summed E-state index contributed by atoms with van der Waals surface area (Å²) in [5.74, 6) is 0. The lowest BCUT2D eigenvalue weighted by Crippen LogP contribution is -2.41. The average Bonchev–Trinajstić information content (AvgIpc) is 3.46. The normalized spacial score (nSPS) is 15.2. The number of nitrogens with two attached hydrogens (primary N) is 2. The van der Waals surface area contributed by atoms with Gasteiger partial charge in [0.05, 0.1) is 22.1 Å². The van der Waals surface area contributed by atoms with Gasteiger partial charge in [-0.15, -0.1) is 0 Å². The average molecular weight is 593 g/mol. The van der Waals surface area contributed by atoms with Crippen molar-refractivity contribution < 1.29 is 9.13 Å². The van der Waals surface area contributed by atoms with Gasteiger partial charge in [-0.3, -0.25) is 0 Å². The minimum atomic E-state index is 1.04. The maximum absolute atomic E-state index is 6.70. The van der Waals surface area contributed by atoms with Crippen molar-refractivity contribution in [3.63, 3.8) is 0 Å². The van der Waals surface area contributed by atoms with Crippen LogP contribution in [0.1, 0.15) is 125 Å². The van der Waals surface area contributed by atoms with Gasteiger partial charge in [-0.1, -0.05) is 75.6 Å². The van der Waals surface area contributed by atoms with Gasteiger partial charge in [0.15, 0.2) is 11.4 Å². The third-order valence-electron chi connectivity index (χ3n) is 10.7. The summed E-state index contributed by atoms with van der Waals surface area (Å²) in [6.45, 7) is 2.27. The number of rotatable bonds is 13. The van der Waals surface area contributed by atoms with Crippen LogP contribution in [0.5, 0.6) is 0 Å². The third-order valence-corrected chi connectivity index (χ3v) is 10.7. The zero-order valence-corrected chi connectivity index (χ0v) is 27.2. The smallest absolute Gasteiger partial charge is 0.214 e. The van der Waals surface area contributed by atoms with Crippen LogP contribution in [0.4, 0.5) is 11.4 Å². The van der Waals surface area contributed by atoms with E-state index in [4.69, 9.17) is 11.5 Å². The van der Waals surface area contributed by atoms with Crippen molar-refractivity contribution in [3.05, 3.63) is 71.0 Å². The van der Waals surface area contributed by atoms with E-state index in [1.807, 2.05) is 0 Å². The molecule has 2 aromatic carbocycles. The van der Waals surface area contributed by atoms with Gasteiger partial charge in [0.25, 0.3) is 0 Å². The number of pyridine rings is 2. The van der Waals surface area contributed by atoms with E-state index in [0.717, 1.165) is 37.3 Å². The summed E-state index contributed by atoms with van der Waals surface area (Å²) in [4.78, 5) is 0. The molecule has 4 N–H and O–H groups in total. The fraction of sp³-hybridized carbons (Fsp3) is 0.550. The molecule has 2 aromatic heterocycles. The Bertz CT molecular complexity index is 1440. The monoisotopic (exact) mass is 592 g/mol. The molecular formula is C40H56N4+2. The zero-order chi connectivity index (χ0) is 30.1. The van der Waals surface area contributed by atoms with E-state index in [0.29, 0.717) is 0 Å². The molecule has 0 saturated heterocycles. The molecular weight excluding hydrogens is 536 g/mol. The third kappa shape index (κ3) is 6.90. The molecule has 0 spiro atoms. The van der Waals surface area contributed by atoms with Crippen LogP contribution in [0.3, 0.4) is 0 Å². The van der Waals surface area contributed by atoms with Gasteiger partial charge in [0, 0.05) is 48.9 Å². The predicted molar refractivity (Wildman–Crippen MR) is 186 cm³/mol. The van der Waals surface area contributed by atoms with Gasteiger partial charge >= 0.3 is 0 Å². The van der Waals surface area contributed by atoms with Crippen LogP contribution in [-0.2, 0) is 38.8 Å². The molecule has 2 aliphatic rings. The topological polar surface area (TPSA) is 59.8 Å². The van der Waals surface area contributed by atoms with E-state index in [2.05, 4.69) is 57.7 Å². The second kappa shape index (κ2) is 15.2. The molecule has 0 aliphatic heterocycles. The lowest BCUT2D eigenvalue weighted by atomic mass is 10.0. The molecule has 0 saturated carbocycles. The van der Waals surface area contributed by atoms with Crippen LogP contribution in [0, 0.1) is 0 Å². The molecule has 0 amide bonds. The molecule has 2 aliphatic carbocycles. The number of aromatic nitrogens is 2. The van der Waals surface area contributed by atoms with Crippen LogP contribution < -0.4 is 20.6 Å². The maximum atomic E-state index is 6.70. The first-order chi connectivity index (χ1) is 21.7. The lowest BCUT2D eigenvalue weighted by Gasteiger charge is -2.14. The first kappa shape index (κ1) is 30.9. The molecule has 4 nitrogen and oxygen atoms in total. The van der Waals surface area contributed by atoms with Gasteiger partial charge in [-0.2, -0.15) is 9.13 Å².